The SMILES string of the molecule is CCCCCCCCCCCCN1CCN=C1CSc1nc2ccccc2s1. The third-order valence-electron chi connectivity index (χ3n) is 5.41. The van der Waals surface area contributed by atoms with E-state index in [-0.39, 0.29) is 0 Å². The molecule has 2 heterocycles. The van der Waals surface area contributed by atoms with Crippen molar-refractivity contribution in [3.63, 3.8) is 0 Å². The number of nitrogens with zero attached hydrogens (tertiary/aromatic N) is 3. The number of hydrogen-bond donors (Lipinski definition) is 0. The van der Waals surface area contributed by atoms with E-state index in [1.165, 1.54) is 81.3 Å². The van der Waals surface area contributed by atoms with E-state index >= 15 is 0 Å². The maximum Gasteiger partial charge on any atom is 0.151 e. The lowest BCUT2D eigenvalue weighted by Gasteiger charge is -2.19. The average molecular weight is 418 g/mol. The molecule has 1 aromatic carbocycles. The van der Waals surface area contributed by atoms with Crippen molar-refractivity contribution in [2.24, 2.45) is 4.99 Å². The van der Waals surface area contributed by atoms with Crippen LogP contribution in [-0.2, 0) is 0 Å². The molecular formula is C23H35N3S2. The number of unbranched alkanes of at least 4 members (excludes halogenated alkanes) is 9. The van der Waals surface area contributed by atoms with Crippen molar-refractivity contribution in [1.29, 1.82) is 0 Å². The number of thioether (sulfide) groups is 1. The zero-order valence-electron chi connectivity index (χ0n) is 17.4. The fraction of sp³-hybridized carbons (Fsp3) is 0.652. The highest BCUT2D eigenvalue weighted by atomic mass is 32.2. The highest BCUT2D eigenvalue weighted by Gasteiger charge is 2.17. The summed E-state index contributed by atoms with van der Waals surface area (Å²) in [7, 11) is 0. The monoisotopic (exact) mass is 417 g/mol. The van der Waals surface area contributed by atoms with E-state index < -0.39 is 0 Å². The Bertz CT molecular complexity index is 692. The first kappa shape index (κ1) is 21.6. The van der Waals surface area contributed by atoms with Crippen molar-refractivity contribution in [1.82, 2.24) is 9.88 Å². The Morgan fingerprint density at radius 3 is 2.43 bits per heavy atom. The van der Waals surface area contributed by atoms with Crippen LogP contribution >= 0.6 is 23.1 Å². The maximum absolute atomic E-state index is 4.75. The predicted molar refractivity (Wildman–Crippen MR) is 126 cm³/mol. The van der Waals surface area contributed by atoms with Gasteiger partial charge in [0, 0.05) is 13.1 Å². The molecule has 3 rings (SSSR count). The molecule has 0 saturated carbocycles. The molecule has 0 amide bonds. The molecule has 1 aliphatic heterocycles. The van der Waals surface area contributed by atoms with Crippen LogP contribution in [0, 0.1) is 0 Å². The lowest BCUT2D eigenvalue weighted by atomic mass is 10.1. The number of aliphatic imine (C=N–C) groups is 1. The normalized spacial score (nSPS) is 14.2. The van der Waals surface area contributed by atoms with Crippen molar-refractivity contribution < 1.29 is 0 Å². The topological polar surface area (TPSA) is 28.5 Å². The largest absolute Gasteiger partial charge is 0.358 e. The summed E-state index contributed by atoms with van der Waals surface area (Å²) in [5, 5.41) is 0. The van der Waals surface area contributed by atoms with Crippen LogP contribution in [0.5, 0.6) is 0 Å². The van der Waals surface area contributed by atoms with Crippen LogP contribution in [-0.4, -0.2) is 41.1 Å². The molecule has 0 radical (unpaired) electrons. The van der Waals surface area contributed by atoms with E-state index in [0.717, 1.165) is 28.7 Å². The Morgan fingerprint density at radius 2 is 1.68 bits per heavy atom. The van der Waals surface area contributed by atoms with Crippen LogP contribution in [0.3, 0.4) is 0 Å². The minimum atomic E-state index is 0.956. The van der Waals surface area contributed by atoms with E-state index in [1.54, 1.807) is 11.3 Å². The van der Waals surface area contributed by atoms with Gasteiger partial charge in [-0.05, 0) is 18.6 Å². The lowest BCUT2D eigenvalue weighted by molar-refractivity contribution is 0.429. The van der Waals surface area contributed by atoms with E-state index in [2.05, 4.69) is 36.1 Å². The number of amidine groups is 1. The van der Waals surface area contributed by atoms with Gasteiger partial charge in [-0.15, -0.1) is 11.3 Å². The molecule has 1 aromatic heterocycles. The Hall–Kier alpha value is -1.07. The van der Waals surface area contributed by atoms with Crippen LogP contribution < -0.4 is 0 Å². The molecule has 1 aliphatic rings. The first-order valence-electron chi connectivity index (χ1n) is 11.1. The van der Waals surface area contributed by atoms with Crippen LogP contribution in [0.2, 0.25) is 0 Å². The summed E-state index contributed by atoms with van der Waals surface area (Å²) in [6, 6.07) is 8.40. The van der Waals surface area contributed by atoms with Gasteiger partial charge in [-0.1, -0.05) is 88.6 Å². The van der Waals surface area contributed by atoms with Crippen molar-refractivity contribution >= 4 is 39.2 Å². The lowest BCUT2D eigenvalue weighted by Crippen LogP contribution is -2.30. The standard InChI is InChI=1S/C23H35N3S2/c1-2-3-4-5-6-7-8-9-10-13-17-26-18-16-24-22(26)19-27-23-25-20-14-11-12-15-21(20)28-23/h11-12,14-15H,2-10,13,16-19H2,1H3. The summed E-state index contributed by atoms with van der Waals surface area (Å²) in [4.78, 5) is 12.0. The number of aromatic nitrogens is 1. The zero-order valence-corrected chi connectivity index (χ0v) is 19.0. The van der Waals surface area contributed by atoms with E-state index in [4.69, 9.17) is 9.98 Å². The van der Waals surface area contributed by atoms with Gasteiger partial charge in [-0.25, -0.2) is 4.98 Å². The molecule has 0 spiro atoms. The van der Waals surface area contributed by atoms with Gasteiger partial charge >= 0.3 is 0 Å². The Kier molecular flexibility index (Phi) is 9.65. The van der Waals surface area contributed by atoms with Crippen LogP contribution in [0.25, 0.3) is 10.2 Å². The van der Waals surface area contributed by atoms with Crippen LogP contribution in [0.15, 0.2) is 33.6 Å². The summed E-state index contributed by atoms with van der Waals surface area (Å²) >= 11 is 3.64. The third-order valence-corrected chi connectivity index (χ3v) is 7.59. The Labute approximate surface area is 179 Å². The molecule has 154 valence electrons. The molecule has 0 unspecified atom stereocenters. The molecular weight excluding hydrogens is 382 g/mol. The molecule has 5 heteroatoms. The molecule has 0 aliphatic carbocycles. The highest BCUT2D eigenvalue weighted by Crippen LogP contribution is 2.29. The summed E-state index contributed by atoms with van der Waals surface area (Å²) in [5.74, 6) is 2.23. The van der Waals surface area contributed by atoms with Gasteiger partial charge in [0.05, 0.1) is 22.5 Å². The van der Waals surface area contributed by atoms with Gasteiger partial charge in [0.1, 0.15) is 5.84 Å². The first-order valence-corrected chi connectivity index (χ1v) is 12.9. The van der Waals surface area contributed by atoms with Crippen molar-refractivity contribution in [2.45, 2.75) is 75.5 Å². The fourth-order valence-electron chi connectivity index (χ4n) is 3.74. The number of thiazole rings is 1. The van der Waals surface area contributed by atoms with Gasteiger partial charge < -0.3 is 4.90 Å². The summed E-state index contributed by atoms with van der Waals surface area (Å²) in [5.41, 5.74) is 1.12. The summed E-state index contributed by atoms with van der Waals surface area (Å²) in [6.07, 6.45) is 14.0. The van der Waals surface area contributed by atoms with Gasteiger partial charge in [0.25, 0.3) is 0 Å². The second-order valence-electron chi connectivity index (χ2n) is 7.70. The van der Waals surface area contributed by atoms with Crippen molar-refractivity contribution in [3.05, 3.63) is 24.3 Å². The molecule has 0 atom stereocenters. The maximum atomic E-state index is 4.75. The van der Waals surface area contributed by atoms with Crippen molar-refractivity contribution in [2.75, 3.05) is 25.4 Å². The molecule has 0 bridgehead atoms. The van der Waals surface area contributed by atoms with Crippen LogP contribution in [0.1, 0.15) is 71.1 Å². The smallest absolute Gasteiger partial charge is 0.151 e. The molecule has 28 heavy (non-hydrogen) atoms. The van der Waals surface area contributed by atoms with Gasteiger partial charge in [-0.2, -0.15) is 0 Å². The molecule has 0 saturated heterocycles. The van der Waals surface area contributed by atoms with Crippen molar-refractivity contribution in [3.8, 4) is 0 Å². The number of fused-ring (bicyclic) bond motifs is 1. The first-order chi connectivity index (χ1) is 13.9. The summed E-state index contributed by atoms with van der Waals surface area (Å²) < 4.78 is 2.44. The third kappa shape index (κ3) is 7.07. The minimum Gasteiger partial charge on any atom is -0.358 e. The van der Waals surface area contributed by atoms with E-state index in [9.17, 15) is 0 Å². The number of rotatable bonds is 14. The number of hydrogen-bond acceptors (Lipinski definition) is 5. The fourth-order valence-corrected chi connectivity index (χ4v) is 5.80. The van der Waals surface area contributed by atoms with E-state index in [0.29, 0.717) is 0 Å². The molecule has 0 fully saturated rings. The number of benzene rings is 1. The Morgan fingerprint density at radius 1 is 0.964 bits per heavy atom. The zero-order chi connectivity index (χ0) is 19.4. The molecule has 2 aromatic rings. The second-order valence-corrected chi connectivity index (χ2v) is 9.96. The Balaban J connectivity index is 1.27. The minimum absolute atomic E-state index is 0.956. The van der Waals surface area contributed by atoms with Gasteiger partial charge in [-0.3, -0.25) is 4.99 Å². The molecule has 0 N–H and O–H groups in total. The van der Waals surface area contributed by atoms with Gasteiger partial charge in [0.15, 0.2) is 4.34 Å². The van der Waals surface area contributed by atoms with Gasteiger partial charge in [0.2, 0.25) is 0 Å². The summed E-state index contributed by atoms with van der Waals surface area (Å²) in [6.45, 7) is 5.53. The molecule has 3 nitrogen and oxygen atoms in total. The highest BCUT2D eigenvalue weighted by molar-refractivity contribution is 8.01. The predicted octanol–water partition coefficient (Wildman–Crippen LogP) is 7.02. The van der Waals surface area contributed by atoms with E-state index in [1.807, 2.05) is 11.8 Å². The second kappa shape index (κ2) is 12.5. The average Bonchev–Trinajstić information content (AvgIpc) is 3.33. The number of para-hydroxylation sites is 1. The quantitative estimate of drug-likeness (QED) is 0.244. The van der Waals surface area contributed by atoms with Crippen LogP contribution in [0.4, 0.5) is 0 Å².